The lowest BCUT2D eigenvalue weighted by molar-refractivity contribution is -0.384. The van der Waals surface area contributed by atoms with E-state index in [1.54, 1.807) is 6.07 Å². The summed E-state index contributed by atoms with van der Waals surface area (Å²) in [6.45, 7) is 0. The van der Waals surface area contributed by atoms with Crippen molar-refractivity contribution in [1.29, 1.82) is 0 Å². The molecule has 0 aliphatic carbocycles. The third-order valence-electron chi connectivity index (χ3n) is 2.83. The number of non-ortho nitro benzene ring substituents is 1. The molecule has 0 spiro atoms. The van der Waals surface area contributed by atoms with E-state index in [4.69, 9.17) is 10.2 Å². The van der Waals surface area contributed by atoms with Crippen LogP contribution in [0, 0.1) is 10.1 Å². The number of aromatic nitrogens is 1. The molecule has 3 aromatic rings. The minimum Gasteiger partial charge on any atom is -0.436 e. The summed E-state index contributed by atoms with van der Waals surface area (Å²) in [5, 5.41) is 10.7. The van der Waals surface area contributed by atoms with Crippen molar-refractivity contribution in [3.8, 4) is 11.5 Å². The number of fused-ring (bicyclic) bond motifs is 1. The van der Waals surface area contributed by atoms with Gasteiger partial charge in [0.1, 0.15) is 5.52 Å². The van der Waals surface area contributed by atoms with Gasteiger partial charge in [0.25, 0.3) is 5.69 Å². The number of rotatable bonds is 2. The molecule has 0 saturated heterocycles. The van der Waals surface area contributed by atoms with Gasteiger partial charge in [0.2, 0.25) is 5.89 Å². The van der Waals surface area contributed by atoms with Crippen molar-refractivity contribution < 1.29 is 9.34 Å². The maximum Gasteiger partial charge on any atom is 0.271 e. The average Bonchev–Trinajstić information content (AvgIpc) is 2.80. The van der Waals surface area contributed by atoms with Gasteiger partial charge in [-0.25, -0.2) is 4.98 Å². The van der Waals surface area contributed by atoms with Crippen molar-refractivity contribution in [3.63, 3.8) is 0 Å². The zero-order valence-electron chi connectivity index (χ0n) is 10.0. The van der Waals surface area contributed by atoms with Gasteiger partial charge in [-0.3, -0.25) is 10.1 Å². The lowest BCUT2D eigenvalue weighted by atomic mass is 10.1. The number of hydrogen-bond donors (Lipinski definition) is 1. The van der Waals surface area contributed by atoms with Crippen LogP contribution in [0.15, 0.2) is 45.3 Å². The topological polar surface area (TPSA) is 95.2 Å². The van der Waals surface area contributed by atoms with Gasteiger partial charge < -0.3 is 10.2 Å². The fourth-order valence-corrected chi connectivity index (χ4v) is 2.22. The highest BCUT2D eigenvalue weighted by atomic mass is 79.9. The molecular formula is C13H8BrN3O3. The minimum absolute atomic E-state index is 0.0647. The highest BCUT2D eigenvalue weighted by Gasteiger charge is 2.14. The Labute approximate surface area is 121 Å². The molecule has 3 rings (SSSR count). The molecule has 0 unspecified atom stereocenters. The van der Waals surface area contributed by atoms with Crippen molar-refractivity contribution in [1.82, 2.24) is 4.98 Å². The predicted molar refractivity (Wildman–Crippen MR) is 78.2 cm³/mol. The molecule has 2 aromatic carbocycles. The van der Waals surface area contributed by atoms with Gasteiger partial charge in [0, 0.05) is 16.6 Å². The summed E-state index contributed by atoms with van der Waals surface area (Å²) in [5.41, 5.74) is 7.86. The highest BCUT2D eigenvalue weighted by molar-refractivity contribution is 9.10. The molecule has 2 N–H and O–H groups in total. The molecular weight excluding hydrogens is 326 g/mol. The Balaban J connectivity index is 2.13. The number of nitro groups is 1. The summed E-state index contributed by atoms with van der Waals surface area (Å²) in [5.74, 6) is 0.338. The maximum atomic E-state index is 10.7. The summed E-state index contributed by atoms with van der Waals surface area (Å²) >= 11 is 3.36. The Morgan fingerprint density at radius 2 is 2.05 bits per heavy atom. The fourth-order valence-electron chi connectivity index (χ4n) is 1.87. The van der Waals surface area contributed by atoms with Gasteiger partial charge in [0.05, 0.1) is 16.2 Å². The summed E-state index contributed by atoms with van der Waals surface area (Å²) < 4.78 is 6.50. The van der Waals surface area contributed by atoms with E-state index in [9.17, 15) is 10.1 Å². The average molecular weight is 334 g/mol. The lowest BCUT2D eigenvalue weighted by Crippen LogP contribution is -1.94. The van der Waals surface area contributed by atoms with Gasteiger partial charge in [-0.1, -0.05) is 15.9 Å². The molecule has 1 aromatic heterocycles. The molecule has 0 aliphatic rings. The SMILES string of the molecule is Nc1cc([N+](=O)[O-])ccc1-c1nc2cc(Br)ccc2o1. The van der Waals surface area contributed by atoms with Crippen molar-refractivity contribution in [2.45, 2.75) is 0 Å². The molecule has 1 heterocycles. The van der Waals surface area contributed by atoms with E-state index in [1.165, 1.54) is 18.2 Å². The van der Waals surface area contributed by atoms with Crippen LogP contribution in [0.3, 0.4) is 0 Å². The van der Waals surface area contributed by atoms with Crippen LogP contribution in [0.4, 0.5) is 11.4 Å². The highest BCUT2D eigenvalue weighted by Crippen LogP contribution is 2.31. The van der Waals surface area contributed by atoms with Gasteiger partial charge in [0.15, 0.2) is 5.58 Å². The second-order valence-electron chi connectivity index (χ2n) is 4.16. The normalized spacial score (nSPS) is 10.8. The quantitative estimate of drug-likeness (QED) is 0.437. The second kappa shape index (κ2) is 4.61. The smallest absolute Gasteiger partial charge is 0.271 e. The molecule has 100 valence electrons. The first-order valence-corrected chi connectivity index (χ1v) is 6.44. The van der Waals surface area contributed by atoms with Crippen LogP contribution in [0.5, 0.6) is 0 Å². The summed E-state index contributed by atoms with van der Waals surface area (Å²) in [7, 11) is 0. The first kappa shape index (κ1) is 12.6. The minimum atomic E-state index is -0.497. The molecule has 6 nitrogen and oxygen atoms in total. The molecule has 0 radical (unpaired) electrons. The van der Waals surface area contributed by atoms with Gasteiger partial charge in [-0.15, -0.1) is 0 Å². The van der Waals surface area contributed by atoms with Crippen LogP contribution in [0.1, 0.15) is 0 Å². The monoisotopic (exact) mass is 333 g/mol. The molecule has 0 amide bonds. The van der Waals surface area contributed by atoms with Crippen molar-refractivity contribution in [2.75, 3.05) is 5.73 Å². The van der Waals surface area contributed by atoms with Crippen LogP contribution in [-0.4, -0.2) is 9.91 Å². The lowest BCUT2D eigenvalue weighted by Gasteiger charge is -2.00. The first-order valence-electron chi connectivity index (χ1n) is 5.65. The van der Waals surface area contributed by atoms with E-state index < -0.39 is 4.92 Å². The van der Waals surface area contributed by atoms with E-state index in [0.717, 1.165) is 4.47 Å². The van der Waals surface area contributed by atoms with E-state index in [0.29, 0.717) is 22.6 Å². The fraction of sp³-hybridized carbons (Fsp3) is 0. The van der Waals surface area contributed by atoms with E-state index >= 15 is 0 Å². The predicted octanol–water partition coefficient (Wildman–Crippen LogP) is 3.75. The Morgan fingerprint density at radius 3 is 2.75 bits per heavy atom. The number of oxazole rings is 1. The summed E-state index contributed by atoms with van der Waals surface area (Å²) in [6.07, 6.45) is 0. The first-order chi connectivity index (χ1) is 9.54. The molecule has 7 heteroatoms. The molecule has 0 atom stereocenters. The Morgan fingerprint density at radius 1 is 1.25 bits per heavy atom. The summed E-state index contributed by atoms with van der Waals surface area (Å²) in [4.78, 5) is 14.5. The van der Waals surface area contributed by atoms with E-state index in [2.05, 4.69) is 20.9 Å². The number of benzene rings is 2. The van der Waals surface area contributed by atoms with E-state index in [-0.39, 0.29) is 11.4 Å². The number of nitrogens with zero attached hydrogens (tertiary/aromatic N) is 2. The van der Waals surface area contributed by atoms with Crippen molar-refractivity contribution in [3.05, 3.63) is 51.0 Å². The second-order valence-corrected chi connectivity index (χ2v) is 5.08. The van der Waals surface area contributed by atoms with Crippen LogP contribution in [-0.2, 0) is 0 Å². The Bertz CT molecular complexity index is 829. The Hall–Kier alpha value is -2.41. The number of halogens is 1. The number of nitrogen functional groups attached to an aromatic ring is 1. The van der Waals surface area contributed by atoms with E-state index in [1.807, 2.05) is 12.1 Å². The van der Waals surface area contributed by atoms with Gasteiger partial charge in [-0.2, -0.15) is 0 Å². The molecule has 0 bridgehead atoms. The molecule has 0 fully saturated rings. The zero-order valence-corrected chi connectivity index (χ0v) is 11.6. The van der Waals surface area contributed by atoms with Crippen molar-refractivity contribution >= 4 is 38.4 Å². The number of nitrogens with two attached hydrogens (primary N) is 1. The maximum absolute atomic E-state index is 10.7. The third-order valence-corrected chi connectivity index (χ3v) is 3.32. The zero-order chi connectivity index (χ0) is 14.3. The number of hydrogen-bond acceptors (Lipinski definition) is 5. The Kier molecular flexibility index (Phi) is 2.90. The van der Waals surface area contributed by atoms with Crippen LogP contribution in [0.25, 0.3) is 22.6 Å². The number of nitro benzene ring substituents is 1. The molecule has 0 aliphatic heterocycles. The molecule has 20 heavy (non-hydrogen) atoms. The van der Waals surface area contributed by atoms with Crippen LogP contribution < -0.4 is 5.73 Å². The molecule has 0 saturated carbocycles. The summed E-state index contributed by atoms with van der Waals surface area (Å²) in [6, 6.07) is 9.65. The third kappa shape index (κ3) is 2.12. The largest absolute Gasteiger partial charge is 0.436 e. The van der Waals surface area contributed by atoms with Crippen LogP contribution >= 0.6 is 15.9 Å². The number of anilines is 1. The van der Waals surface area contributed by atoms with Crippen molar-refractivity contribution in [2.24, 2.45) is 0 Å². The van der Waals surface area contributed by atoms with Gasteiger partial charge >= 0.3 is 0 Å². The van der Waals surface area contributed by atoms with Crippen LogP contribution in [0.2, 0.25) is 0 Å². The standard InChI is InChI=1S/C13H8BrN3O3/c14-7-1-4-12-11(5-7)16-13(20-12)9-3-2-8(17(18)19)6-10(9)15/h1-6H,15H2. The van der Waals surface area contributed by atoms with Gasteiger partial charge in [-0.05, 0) is 24.3 Å².